The van der Waals surface area contributed by atoms with E-state index >= 15 is 0 Å². The molecule has 0 heterocycles. The summed E-state index contributed by atoms with van der Waals surface area (Å²) in [6.45, 7) is 0. The van der Waals surface area contributed by atoms with Gasteiger partial charge in [0, 0.05) is 6.04 Å². The van der Waals surface area contributed by atoms with Crippen LogP contribution in [0.5, 0.6) is 0 Å². The summed E-state index contributed by atoms with van der Waals surface area (Å²) in [7, 11) is 0. The molecule has 1 atom stereocenters. The number of benzene rings is 2. The Labute approximate surface area is 119 Å². The Morgan fingerprint density at radius 1 is 0.950 bits per heavy atom. The highest BCUT2D eigenvalue weighted by Gasteiger charge is 2.07. The zero-order valence-corrected chi connectivity index (χ0v) is 11.6. The molecule has 2 nitrogen and oxygen atoms in total. The molecule has 0 aliphatic heterocycles. The molecular weight excluding hydrogens is 251 g/mol. The largest absolute Gasteiger partial charge is 0.271 e. The predicted octanol–water partition coefficient (Wildman–Crippen LogP) is 3.22. The molecule has 0 radical (unpaired) electrons. The Bertz CT molecular complexity index is 496. The first-order valence-corrected chi connectivity index (χ1v) is 7.02. The molecule has 0 saturated carbocycles. The molecule has 0 fully saturated rings. The van der Waals surface area contributed by atoms with Crippen LogP contribution < -0.4 is 11.3 Å². The number of hydrogen-bond acceptors (Lipinski definition) is 2. The van der Waals surface area contributed by atoms with Crippen molar-refractivity contribution in [1.29, 1.82) is 0 Å². The molecular formula is C17H21FN2. The molecule has 106 valence electrons. The van der Waals surface area contributed by atoms with Gasteiger partial charge < -0.3 is 0 Å². The first-order chi connectivity index (χ1) is 9.78. The molecule has 1 unspecified atom stereocenters. The monoisotopic (exact) mass is 272 g/mol. The number of hydrazine groups is 1. The van der Waals surface area contributed by atoms with Gasteiger partial charge in [0.1, 0.15) is 5.82 Å². The topological polar surface area (TPSA) is 38.0 Å². The van der Waals surface area contributed by atoms with E-state index in [1.165, 1.54) is 17.7 Å². The normalized spacial score (nSPS) is 12.3. The van der Waals surface area contributed by atoms with Crippen molar-refractivity contribution in [2.24, 2.45) is 5.84 Å². The minimum atomic E-state index is -0.199. The van der Waals surface area contributed by atoms with Crippen LogP contribution in [0.2, 0.25) is 0 Å². The van der Waals surface area contributed by atoms with Gasteiger partial charge in [-0.1, -0.05) is 42.5 Å². The average Bonchev–Trinajstić information content (AvgIpc) is 2.49. The summed E-state index contributed by atoms with van der Waals surface area (Å²) in [5.74, 6) is 5.41. The molecule has 0 aliphatic carbocycles. The minimum absolute atomic E-state index is 0.199. The molecule has 20 heavy (non-hydrogen) atoms. The van der Waals surface area contributed by atoms with Crippen molar-refractivity contribution < 1.29 is 4.39 Å². The van der Waals surface area contributed by atoms with Crippen LogP contribution in [-0.4, -0.2) is 6.04 Å². The van der Waals surface area contributed by atoms with E-state index in [9.17, 15) is 4.39 Å². The molecule has 0 amide bonds. The van der Waals surface area contributed by atoms with Gasteiger partial charge in [0.2, 0.25) is 0 Å². The Kier molecular flexibility index (Phi) is 5.71. The van der Waals surface area contributed by atoms with Gasteiger partial charge in [0.05, 0.1) is 0 Å². The van der Waals surface area contributed by atoms with E-state index in [1.54, 1.807) is 0 Å². The molecule has 0 aromatic heterocycles. The molecule has 0 aliphatic rings. The summed E-state index contributed by atoms with van der Waals surface area (Å²) < 4.78 is 12.9. The van der Waals surface area contributed by atoms with Gasteiger partial charge in [-0.3, -0.25) is 11.3 Å². The van der Waals surface area contributed by atoms with E-state index in [-0.39, 0.29) is 11.9 Å². The van der Waals surface area contributed by atoms with Crippen LogP contribution in [0.4, 0.5) is 4.39 Å². The van der Waals surface area contributed by atoms with Crippen molar-refractivity contribution in [3.8, 4) is 0 Å². The van der Waals surface area contributed by atoms with Gasteiger partial charge in [0.15, 0.2) is 0 Å². The molecule has 2 aromatic carbocycles. The number of nitrogens with one attached hydrogen (secondary N) is 1. The Morgan fingerprint density at radius 2 is 1.65 bits per heavy atom. The Morgan fingerprint density at radius 3 is 2.30 bits per heavy atom. The van der Waals surface area contributed by atoms with Gasteiger partial charge in [-0.15, -0.1) is 0 Å². The van der Waals surface area contributed by atoms with Gasteiger partial charge in [-0.2, -0.15) is 0 Å². The van der Waals surface area contributed by atoms with E-state index < -0.39 is 0 Å². The highest BCUT2D eigenvalue weighted by Crippen LogP contribution is 2.11. The van der Waals surface area contributed by atoms with E-state index in [2.05, 4.69) is 29.7 Å². The van der Waals surface area contributed by atoms with E-state index in [0.29, 0.717) is 0 Å². The van der Waals surface area contributed by atoms with E-state index in [4.69, 9.17) is 5.84 Å². The van der Waals surface area contributed by atoms with Crippen LogP contribution in [0.1, 0.15) is 24.0 Å². The highest BCUT2D eigenvalue weighted by atomic mass is 19.1. The van der Waals surface area contributed by atoms with Crippen LogP contribution in [0.25, 0.3) is 0 Å². The van der Waals surface area contributed by atoms with E-state index in [0.717, 1.165) is 31.2 Å². The summed E-state index contributed by atoms with van der Waals surface area (Å²) in [4.78, 5) is 0. The van der Waals surface area contributed by atoms with Crippen LogP contribution in [-0.2, 0) is 12.8 Å². The number of aryl methyl sites for hydroxylation is 1. The SMILES string of the molecule is NNC(CCCc1ccccc1)Cc1ccc(F)cc1. The molecule has 3 N–H and O–H groups in total. The lowest BCUT2D eigenvalue weighted by Gasteiger charge is -2.16. The second-order valence-corrected chi connectivity index (χ2v) is 5.07. The third kappa shape index (κ3) is 4.76. The summed E-state index contributed by atoms with van der Waals surface area (Å²) in [5.41, 5.74) is 5.32. The fraction of sp³-hybridized carbons (Fsp3) is 0.294. The summed E-state index contributed by atoms with van der Waals surface area (Å²) in [6, 6.07) is 17.3. The molecule has 2 rings (SSSR count). The lowest BCUT2D eigenvalue weighted by molar-refractivity contribution is 0.476. The standard InChI is InChI=1S/C17H21FN2/c18-16-11-9-15(10-12-16)13-17(20-19)8-4-7-14-5-2-1-3-6-14/h1-3,5-6,9-12,17,20H,4,7-8,13,19H2. The summed E-state index contributed by atoms with van der Waals surface area (Å²) >= 11 is 0. The Hall–Kier alpha value is -1.71. The van der Waals surface area contributed by atoms with Gasteiger partial charge in [0.25, 0.3) is 0 Å². The minimum Gasteiger partial charge on any atom is -0.271 e. The van der Waals surface area contributed by atoms with Crippen LogP contribution >= 0.6 is 0 Å². The lowest BCUT2D eigenvalue weighted by atomic mass is 9.99. The third-order valence-corrected chi connectivity index (χ3v) is 3.49. The average molecular weight is 272 g/mol. The van der Waals surface area contributed by atoms with Crippen LogP contribution in [0.15, 0.2) is 54.6 Å². The number of nitrogens with two attached hydrogens (primary N) is 1. The zero-order chi connectivity index (χ0) is 14.2. The third-order valence-electron chi connectivity index (χ3n) is 3.49. The second-order valence-electron chi connectivity index (χ2n) is 5.07. The fourth-order valence-corrected chi connectivity index (χ4v) is 2.35. The molecule has 0 saturated heterocycles. The maximum Gasteiger partial charge on any atom is 0.123 e. The fourth-order valence-electron chi connectivity index (χ4n) is 2.35. The Balaban J connectivity index is 1.79. The van der Waals surface area contributed by atoms with Crippen molar-refractivity contribution in [3.05, 3.63) is 71.5 Å². The number of hydrogen-bond donors (Lipinski definition) is 2. The maximum absolute atomic E-state index is 12.9. The van der Waals surface area contributed by atoms with Crippen molar-refractivity contribution in [2.45, 2.75) is 31.7 Å². The smallest absolute Gasteiger partial charge is 0.123 e. The molecule has 0 bridgehead atoms. The zero-order valence-electron chi connectivity index (χ0n) is 11.6. The molecule has 2 aromatic rings. The molecule has 0 spiro atoms. The first kappa shape index (κ1) is 14.7. The predicted molar refractivity (Wildman–Crippen MR) is 80.6 cm³/mol. The van der Waals surface area contributed by atoms with Crippen molar-refractivity contribution in [2.75, 3.05) is 0 Å². The van der Waals surface area contributed by atoms with Crippen LogP contribution in [0.3, 0.4) is 0 Å². The highest BCUT2D eigenvalue weighted by molar-refractivity contribution is 5.17. The second kappa shape index (κ2) is 7.78. The first-order valence-electron chi connectivity index (χ1n) is 7.02. The van der Waals surface area contributed by atoms with Crippen molar-refractivity contribution >= 4 is 0 Å². The quantitative estimate of drug-likeness (QED) is 0.600. The molecule has 3 heteroatoms. The van der Waals surface area contributed by atoms with Crippen LogP contribution in [0, 0.1) is 5.82 Å². The summed E-state index contributed by atoms with van der Waals surface area (Å²) in [5, 5.41) is 0. The van der Waals surface area contributed by atoms with E-state index in [1.807, 2.05) is 18.2 Å². The summed E-state index contributed by atoms with van der Waals surface area (Å²) in [6.07, 6.45) is 3.97. The van der Waals surface area contributed by atoms with Crippen molar-refractivity contribution in [3.63, 3.8) is 0 Å². The van der Waals surface area contributed by atoms with Gasteiger partial charge in [-0.05, 0) is 48.9 Å². The number of rotatable bonds is 7. The van der Waals surface area contributed by atoms with Gasteiger partial charge in [-0.25, -0.2) is 4.39 Å². The maximum atomic E-state index is 12.9. The van der Waals surface area contributed by atoms with Gasteiger partial charge >= 0.3 is 0 Å². The van der Waals surface area contributed by atoms with Crippen molar-refractivity contribution in [1.82, 2.24) is 5.43 Å². The number of halogens is 1. The lowest BCUT2D eigenvalue weighted by Crippen LogP contribution is -2.36.